The van der Waals surface area contributed by atoms with Gasteiger partial charge in [-0.05, 0) is 43.4 Å². The van der Waals surface area contributed by atoms with E-state index in [1.165, 1.54) is 5.56 Å². The first-order valence-electron chi connectivity index (χ1n) is 11.1. The number of benzene rings is 1. The highest BCUT2D eigenvalue weighted by molar-refractivity contribution is 6.30. The molecule has 1 saturated carbocycles. The number of aliphatic imine (C=N–C) groups is 1. The van der Waals surface area contributed by atoms with Crippen LogP contribution in [0.15, 0.2) is 29.3 Å². The third-order valence-corrected chi connectivity index (χ3v) is 6.74. The van der Waals surface area contributed by atoms with Gasteiger partial charge in [0.2, 0.25) is 5.91 Å². The minimum atomic E-state index is -0.289. The number of nitrogens with zero attached hydrogens (tertiary/aromatic N) is 3. The Morgan fingerprint density at radius 3 is 2.40 bits per heavy atom. The van der Waals surface area contributed by atoms with Crippen molar-refractivity contribution in [1.29, 1.82) is 0 Å². The molecule has 0 bridgehead atoms. The van der Waals surface area contributed by atoms with Crippen LogP contribution in [0.4, 0.5) is 0 Å². The topological polar surface area (TPSA) is 60.0 Å². The molecule has 1 amide bonds. The lowest BCUT2D eigenvalue weighted by molar-refractivity contribution is -0.138. The maximum atomic E-state index is 12.8. The van der Waals surface area contributed by atoms with E-state index in [2.05, 4.69) is 32.7 Å². The van der Waals surface area contributed by atoms with Gasteiger partial charge in [0.05, 0.1) is 5.41 Å². The summed E-state index contributed by atoms with van der Waals surface area (Å²) in [4.78, 5) is 21.4. The lowest BCUT2D eigenvalue weighted by atomic mass is 9.84. The fourth-order valence-corrected chi connectivity index (χ4v) is 4.84. The van der Waals surface area contributed by atoms with Gasteiger partial charge in [-0.15, -0.1) is 0 Å². The molecule has 1 heterocycles. The highest BCUT2D eigenvalue weighted by atomic mass is 35.5. The van der Waals surface area contributed by atoms with Crippen molar-refractivity contribution in [3.05, 3.63) is 34.9 Å². The largest absolute Gasteiger partial charge is 0.355 e. The van der Waals surface area contributed by atoms with Crippen molar-refractivity contribution >= 4 is 23.5 Å². The molecule has 2 fully saturated rings. The Hall–Kier alpha value is -1.79. The van der Waals surface area contributed by atoms with Gasteiger partial charge in [-0.25, -0.2) is 0 Å². The lowest BCUT2D eigenvalue weighted by Gasteiger charge is -2.34. The number of guanidine groups is 1. The van der Waals surface area contributed by atoms with Crippen LogP contribution in [0.3, 0.4) is 0 Å². The molecule has 0 aromatic heterocycles. The number of piperidine rings is 1. The normalized spacial score (nSPS) is 20.2. The zero-order valence-corrected chi connectivity index (χ0v) is 19.3. The summed E-state index contributed by atoms with van der Waals surface area (Å²) in [5, 5.41) is 7.82. The molecule has 0 spiro atoms. The fourth-order valence-electron chi connectivity index (χ4n) is 4.72. The third-order valence-electron chi connectivity index (χ3n) is 6.49. The number of hydrogen-bond donors (Lipinski definition) is 2. The van der Waals surface area contributed by atoms with Gasteiger partial charge in [-0.3, -0.25) is 14.7 Å². The molecule has 3 rings (SSSR count). The number of halogens is 1. The van der Waals surface area contributed by atoms with Crippen LogP contribution >= 0.6 is 11.6 Å². The SMILES string of the molecule is CN=C(NCC1(C(=O)N(C)C)CCCC1)NC1CCN(Cc2ccc(Cl)cc2)CC1. The number of carbonyl (C=O) groups is 1. The van der Waals surface area contributed by atoms with Gasteiger partial charge in [0.25, 0.3) is 0 Å². The number of nitrogens with one attached hydrogen (secondary N) is 2. The van der Waals surface area contributed by atoms with Gasteiger partial charge in [0, 0.05) is 58.4 Å². The second-order valence-electron chi connectivity index (χ2n) is 8.93. The Bertz CT molecular complexity index is 720. The Balaban J connectivity index is 1.46. The van der Waals surface area contributed by atoms with Crippen LogP contribution in [-0.4, -0.2) is 68.5 Å². The molecule has 1 saturated heterocycles. The lowest BCUT2D eigenvalue weighted by Crippen LogP contribution is -2.52. The predicted octanol–water partition coefficient (Wildman–Crippen LogP) is 3.12. The molecular formula is C23H36ClN5O. The molecule has 6 nitrogen and oxygen atoms in total. The maximum Gasteiger partial charge on any atom is 0.230 e. The van der Waals surface area contributed by atoms with Gasteiger partial charge >= 0.3 is 0 Å². The van der Waals surface area contributed by atoms with E-state index in [9.17, 15) is 4.79 Å². The molecule has 7 heteroatoms. The monoisotopic (exact) mass is 433 g/mol. The number of likely N-dealkylation sites (tertiary alicyclic amines) is 1. The Morgan fingerprint density at radius 1 is 1.20 bits per heavy atom. The Kier molecular flexibility index (Phi) is 8.00. The molecule has 2 aliphatic rings. The van der Waals surface area contributed by atoms with Gasteiger partial charge in [0.15, 0.2) is 5.96 Å². The summed E-state index contributed by atoms with van der Waals surface area (Å²) < 4.78 is 0. The second kappa shape index (κ2) is 10.5. The molecule has 0 radical (unpaired) electrons. The van der Waals surface area contributed by atoms with Gasteiger partial charge in [-0.2, -0.15) is 0 Å². The average molecular weight is 434 g/mol. The van der Waals surface area contributed by atoms with Crippen LogP contribution < -0.4 is 10.6 Å². The maximum absolute atomic E-state index is 12.8. The first kappa shape index (κ1) is 22.9. The molecular weight excluding hydrogens is 398 g/mol. The van der Waals surface area contributed by atoms with Crippen molar-refractivity contribution in [2.75, 3.05) is 40.8 Å². The van der Waals surface area contributed by atoms with E-state index < -0.39 is 0 Å². The molecule has 0 unspecified atom stereocenters. The highest BCUT2D eigenvalue weighted by Gasteiger charge is 2.42. The zero-order chi connectivity index (χ0) is 21.6. The van der Waals surface area contributed by atoms with Crippen molar-refractivity contribution in [3.8, 4) is 0 Å². The summed E-state index contributed by atoms with van der Waals surface area (Å²) in [5.74, 6) is 1.04. The number of hydrogen-bond acceptors (Lipinski definition) is 3. The molecule has 0 atom stereocenters. The number of rotatable bonds is 6. The zero-order valence-electron chi connectivity index (χ0n) is 18.6. The standard InChI is InChI=1S/C23H36ClN5O/c1-25-22(26-17-23(12-4-5-13-23)21(30)28(2)3)27-20-10-14-29(15-11-20)16-18-6-8-19(24)9-7-18/h6-9,20H,4-5,10-17H2,1-3H3,(H2,25,26,27). The first-order chi connectivity index (χ1) is 14.4. The molecule has 1 aliphatic heterocycles. The number of amides is 1. The third kappa shape index (κ3) is 5.88. The van der Waals surface area contributed by atoms with Crippen LogP contribution in [0.2, 0.25) is 5.02 Å². The van der Waals surface area contributed by atoms with E-state index >= 15 is 0 Å². The Morgan fingerprint density at radius 2 is 1.83 bits per heavy atom. The molecule has 2 N–H and O–H groups in total. The molecule has 1 aliphatic carbocycles. The first-order valence-corrected chi connectivity index (χ1v) is 11.5. The average Bonchev–Trinajstić information content (AvgIpc) is 3.23. The highest BCUT2D eigenvalue weighted by Crippen LogP contribution is 2.38. The van der Waals surface area contributed by atoms with E-state index in [1.807, 2.05) is 26.2 Å². The number of carbonyl (C=O) groups excluding carboxylic acids is 1. The van der Waals surface area contributed by atoms with Gasteiger partial charge in [-0.1, -0.05) is 36.6 Å². The van der Waals surface area contributed by atoms with Crippen molar-refractivity contribution in [3.63, 3.8) is 0 Å². The van der Waals surface area contributed by atoms with Crippen molar-refractivity contribution < 1.29 is 4.79 Å². The van der Waals surface area contributed by atoms with Crippen LogP contribution in [0.1, 0.15) is 44.1 Å². The van der Waals surface area contributed by atoms with Crippen molar-refractivity contribution in [2.24, 2.45) is 10.4 Å². The molecule has 1 aromatic rings. The van der Waals surface area contributed by atoms with Gasteiger partial charge < -0.3 is 15.5 Å². The summed E-state index contributed by atoms with van der Waals surface area (Å²) in [7, 11) is 5.51. The molecule has 1 aromatic carbocycles. The van der Waals surface area contributed by atoms with Crippen LogP contribution in [0.25, 0.3) is 0 Å². The summed E-state index contributed by atoms with van der Waals surface area (Å²) in [5.41, 5.74) is 1.01. The van der Waals surface area contributed by atoms with Crippen LogP contribution in [-0.2, 0) is 11.3 Å². The minimum Gasteiger partial charge on any atom is -0.355 e. The quantitative estimate of drug-likeness (QED) is 0.534. The van der Waals surface area contributed by atoms with Crippen molar-refractivity contribution in [2.45, 2.75) is 51.1 Å². The van der Waals surface area contributed by atoms with E-state index in [1.54, 1.807) is 11.9 Å². The molecule has 30 heavy (non-hydrogen) atoms. The smallest absolute Gasteiger partial charge is 0.230 e. The van der Waals surface area contributed by atoms with Gasteiger partial charge in [0.1, 0.15) is 0 Å². The summed E-state index contributed by atoms with van der Waals surface area (Å²) in [6, 6.07) is 8.53. The van der Waals surface area contributed by atoms with E-state index in [-0.39, 0.29) is 11.3 Å². The van der Waals surface area contributed by atoms with E-state index in [0.717, 1.165) is 69.1 Å². The second-order valence-corrected chi connectivity index (χ2v) is 9.37. The Labute approximate surface area is 186 Å². The summed E-state index contributed by atoms with van der Waals surface area (Å²) in [6.45, 7) is 3.73. The van der Waals surface area contributed by atoms with Crippen LogP contribution in [0.5, 0.6) is 0 Å². The van der Waals surface area contributed by atoms with E-state index in [0.29, 0.717) is 12.6 Å². The fraction of sp³-hybridized carbons (Fsp3) is 0.652. The van der Waals surface area contributed by atoms with E-state index in [4.69, 9.17) is 11.6 Å². The predicted molar refractivity (Wildman–Crippen MR) is 124 cm³/mol. The summed E-state index contributed by atoms with van der Waals surface area (Å²) in [6.07, 6.45) is 6.32. The van der Waals surface area contributed by atoms with Crippen molar-refractivity contribution in [1.82, 2.24) is 20.4 Å². The molecule has 166 valence electrons. The van der Waals surface area contributed by atoms with Crippen LogP contribution in [0, 0.1) is 5.41 Å². The minimum absolute atomic E-state index is 0.235. The summed E-state index contributed by atoms with van der Waals surface area (Å²) >= 11 is 5.98.